The van der Waals surface area contributed by atoms with Crippen LogP contribution in [0.25, 0.3) is 0 Å². The molecule has 3 rings (SSSR count). The highest BCUT2D eigenvalue weighted by molar-refractivity contribution is 4.94. The highest BCUT2D eigenvalue weighted by Gasteiger charge is 2.39. The highest BCUT2D eigenvalue weighted by atomic mass is 16.5. The van der Waals surface area contributed by atoms with Gasteiger partial charge in [-0.15, -0.1) is 0 Å². The molecule has 3 nitrogen and oxygen atoms in total. The van der Waals surface area contributed by atoms with Crippen molar-refractivity contribution in [3.63, 3.8) is 0 Å². The van der Waals surface area contributed by atoms with Crippen LogP contribution < -0.4 is 5.32 Å². The molecule has 3 aliphatic rings. The molecule has 92 valence electrons. The minimum Gasteiger partial charge on any atom is -0.381 e. The maximum absolute atomic E-state index is 5.54. The van der Waals surface area contributed by atoms with Gasteiger partial charge in [0, 0.05) is 26.2 Å². The molecule has 1 aliphatic carbocycles. The van der Waals surface area contributed by atoms with E-state index in [0.29, 0.717) is 6.10 Å². The molecule has 2 aliphatic heterocycles. The lowest BCUT2D eigenvalue weighted by atomic mass is 9.92. The first-order valence-electron chi connectivity index (χ1n) is 6.84. The molecule has 2 heterocycles. The minimum atomic E-state index is 0.525. The van der Waals surface area contributed by atoms with E-state index in [9.17, 15) is 0 Å². The third-order valence-electron chi connectivity index (χ3n) is 4.87. The van der Waals surface area contributed by atoms with E-state index in [2.05, 4.69) is 10.2 Å². The van der Waals surface area contributed by atoms with E-state index in [-0.39, 0.29) is 0 Å². The fraction of sp³-hybridized carbons (Fsp3) is 1.00. The Labute approximate surface area is 98.5 Å². The van der Waals surface area contributed by atoms with E-state index in [1.165, 1.54) is 51.9 Å². The summed E-state index contributed by atoms with van der Waals surface area (Å²) >= 11 is 0. The normalized spacial score (nSPS) is 44.8. The van der Waals surface area contributed by atoms with Crippen LogP contribution in [-0.2, 0) is 4.74 Å². The second-order valence-corrected chi connectivity index (χ2v) is 5.81. The summed E-state index contributed by atoms with van der Waals surface area (Å²) in [4.78, 5) is 2.75. The van der Waals surface area contributed by atoms with Gasteiger partial charge >= 0.3 is 0 Å². The van der Waals surface area contributed by atoms with Crippen molar-refractivity contribution in [1.29, 1.82) is 0 Å². The summed E-state index contributed by atoms with van der Waals surface area (Å²) < 4.78 is 5.54. The van der Waals surface area contributed by atoms with E-state index < -0.39 is 0 Å². The zero-order chi connectivity index (χ0) is 11.0. The second kappa shape index (κ2) is 4.63. The van der Waals surface area contributed by atoms with Gasteiger partial charge in [-0.05, 0) is 50.6 Å². The predicted molar refractivity (Wildman–Crippen MR) is 64.5 cm³/mol. The minimum absolute atomic E-state index is 0.525. The molecule has 0 bridgehead atoms. The van der Waals surface area contributed by atoms with Crippen LogP contribution in [0.2, 0.25) is 0 Å². The quantitative estimate of drug-likeness (QED) is 0.760. The van der Waals surface area contributed by atoms with Gasteiger partial charge in [-0.3, -0.25) is 4.90 Å². The SMILES string of the molecule is COC1CCCC(N2C[C@H]3CNC[C@H]3C2)C1. The summed E-state index contributed by atoms with van der Waals surface area (Å²) in [6, 6.07) is 0.810. The molecule has 0 radical (unpaired) electrons. The van der Waals surface area contributed by atoms with Crippen molar-refractivity contribution in [3.05, 3.63) is 0 Å². The maximum atomic E-state index is 5.54. The Bertz CT molecular complexity index is 231. The van der Waals surface area contributed by atoms with Gasteiger partial charge in [-0.25, -0.2) is 0 Å². The van der Waals surface area contributed by atoms with E-state index in [4.69, 9.17) is 4.74 Å². The molecule has 16 heavy (non-hydrogen) atoms. The van der Waals surface area contributed by atoms with Gasteiger partial charge in [0.15, 0.2) is 0 Å². The van der Waals surface area contributed by atoms with Crippen molar-refractivity contribution in [2.24, 2.45) is 11.8 Å². The average Bonchev–Trinajstić information content (AvgIpc) is 2.89. The van der Waals surface area contributed by atoms with Crippen molar-refractivity contribution in [1.82, 2.24) is 10.2 Å². The third kappa shape index (κ3) is 2.01. The number of nitrogens with zero attached hydrogens (tertiary/aromatic N) is 1. The number of hydrogen-bond donors (Lipinski definition) is 1. The van der Waals surface area contributed by atoms with Crippen LogP contribution >= 0.6 is 0 Å². The molecular weight excluding hydrogens is 200 g/mol. The first kappa shape index (κ1) is 11.0. The van der Waals surface area contributed by atoms with Crippen molar-refractivity contribution in [2.75, 3.05) is 33.3 Å². The van der Waals surface area contributed by atoms with Crippen LogP contribution in [-0.4, -0.2) is 50.3 Å². The average molecular weight is 224 g/mol. The number of rotatable bonds is 2. The van der Waals surface area contributed by atoms with Crippen molar-refractivity contribution < 1.29 is 4.74 Å². The van der Waals surface area contributed by atoms with Crippen LogP contribution in [0.3, 0.4) is 0 Å². The first-order chi connectivity index (χ1) is 7.86. The zero-order valence-corrected chi connectivity index (χ0v) is 10.3. The summed E-state index contributed by atoms with van der Waals surface area (Å²) in [6.07, 6.45) is 5.82. The molecule has 0 aromatic carbocycles. The van der Waals surface area contributed by atoms with E-state index >= 15 is 0 Å². The standard InChI is InChI=1S/C13H24N2O/c1-16-13-4-2-3-12(5-13)15-8-10-6-14-7-11(10)9-15/h10-14H,2-9H2,1H3/t10-,11+,12?,13?. The van der Waals surface area contributed by atoms with Gasteiger partial charge in [0.05, 0.1) is 6.10 Å². The van der Waals surface area contributed by atoms with Gasteiger partial charge in [-0.2, -0.15) is 0 Å². The Balaban J connectivity index is 1.57. The molecule has 0 spiro atoms. The Kier molecular flexibility index (Phi) is 3.18. The molecule has 1 N–H and O–H groups in total. The molecule has 0 aromatic rings. The molecule has 3 fully saturated rings. The van der Waals surface area contributed by atoms with Crippen LogP contribution in [0.15, 0.2) is 0 Å². The molecular formula is C13H24N2O. The van der Waals surface area contributed by atoms with E-state index in [1.807, 2.05) is 7.11 Å². The molecule has 2 saturated heterocycles. The van der Waals surface area contributed by atoms with Crippen molar-refractivity contribution >= 4 is 0 Å². The van der Waals surface area contributed by atoms with Crippen LogP contribution in [0, 0.1) is 11.8 Å². The lowest BCUT2D eigenvalue weighted by molar-refractivity contribution is 0.0323. The van der Waals surface area contributed by atoms with Gasteiger partial charge in [0.1, 0.15) is 0 Å². The van der Waals surface area contributed by atoms with Gasteiger partial charge in [0.2, 0.25) is 0 Å². The fourth-order valence-electron chi connectivity index (χ4n) is 3.86. The largest absolute Gasteiger partial charge is 0.381 e. The second-order valence-electron chi connectivity index (χ2n) is 5.81. The summed E-state index contributed by atoms with van der Waals surface area (Å²) in [7, 11) is 1.87. The van der Waals surface area contributed by atoms with Crippen LogP contribution in [0.1, 0.15) is 25.7 Å². The number of methoxy groups -OCH3 is 1. The Hall–Kier alpha value is -0.120. The molecule has 0 aromatic heterocycles. The topological polar surface area (TPSA) is 24.5 Å². The zero-order valence-electron chi connectivity index (χ0n) is 10.3. The number of likely N-dealkylation sites (tertiary alicyclic amines) is 1. The highest BCUT2D eigenvalue weighted by Crippen LogP contribution is 2.32. The predicted octanol–water partition coefficient (Wildman–Crippen LogP) is 1.10. The van der Waals surface area contributed by atoms with Gasteiger partial charge in [-0.1, -0.05) is 0 Å². The fourth-order valence-corrected chi connectivity index (χ4v) is 3.86. The maximum Gasteiger partial charge on any atom is 0.0586 e. The van der Waals surface area contributed by atoms with E-state index in [1.54, 1.807) is 0 Å². The van der Waals surface area contributed by atoms with Crippen LogP contribution in [0.4, 0.5) is 0 Å². The summed E-state index contributed by atoms with van der Waals surface area (Å²) in [5.41, 5.74) is 0. The summed E-state index contributed by atoms with van der Waals surface area (Å²) in [6.45, 7) is 5.17. The Morgan fingerprint density at radius 3 is 2.56 bits per heavy atom. The first-order valence-corrected chi connectivity index (χ1v) is 6.84. The molecule has 3 heteroatoms. The lowest BCUT2D eigenvalue weighted by Gasteiger charge is -2.35. The molecule has 0 amide bonds. The number of nitrogens with one attached hydrogen (secondary N) is 1. The monoisotopic (exact) mass is 224 g/mol. The van der Waals surface area contributed by atoms with E-state index in [0.717, 1.165) is 17.9 Å². The molecule has 4 atom stereocenters. The Morgan fingerprint density at radius 2 is 1.88 bits per heavy atom. The number of fused-ring (bicyclic) bond motifs is 1. The summed E-state index contributed by atoms with van der Waals surface area (Å²) in [5, 5.41) is 3.52. The lowest BCUT2D eigenvalue weighted by Crippen LogP contribution is -2.40. The van der Waals surface area contributed by atoms with Crippen LogP contribution in [0.5, 0.6) is 0 Å². The number of ether oxygens (including phenoxy) is 1. The Morgan fingerprint density at radius 1 is 1.12 bits per heavy atom. The molecule has 1 saturated carbocycles. The van der Waals surface area contributed by atoms with Gasteiger partial charge in [0.25, 0.3) is 0 Å². The van der Waals surface area contributed by atoms with Crippen molar-refractivity contribution in [2.45, 2.75) is 37.8 Å². The third-order valence-corrected chi connectivity index (χ3v) is 4.87. The molecule has 2 unspecified atom stereocenters. The van der Waals surface area contributed by atoms with Crippen molar-refractivity contribution in [3.8, 4) is 0 Å². The van der Waals surface area contributed by atoms with Gasteiger partial charge < -0.3 is 10.1 Å². The number of hydrogen-bond acceptors (Lipinski definition) is 3. The summed E-state index contributed by atoms with van der Waals surface area (Å²) in [5.74, 6) is 1.87. The smallest absolute Gasteiger partial charge is 0.0586 e.